The van der Waals surface area contributed by atoms with Crippen LogP contribution in [0.4, 0.5) is 0 Å². The highest BCUT2D eigenvalue weighted by atomic mass is 15.4. The molecule has 0 spiro atoms. The topological polar surface area (TPSA) is 74.3 Å². The minimum Gasteiger partial charge on any atom is -0.228 e. The van der Waals surface area contributed by atoms with Crippen LogP contribution in [0.5, 0.6) is 0 Å². The quantitative estimate of drug-likeness (QED) is 0.546. The lowest BCUT2D eigenvalue weighted by atomic mass is 10.2. The lowest BCUT2D eigenvalue weighted by molar-refractivity contribution is 0.774. The number of para-hydroxylation sites is 1. The van der Waals surface area contributed by atoms with Gasteiger partial charge in [0.1, 0.15) is 0 Å². The van der Waals surface area contributed by atoms with Gasteiger partial charge >= 0.3 is 0 Å². The van der Waals surface area contributed by atoms with Crippen LogP contribution in [0.25, 0.3) is 22.4 Å². The van der Waals surface area contributed by atoms with Gasteiger partial charge in [0.15, 0.2) is 5.82 Å². The molecule has 0 fully saturated rings. The zero-order valence-electron chi connectivity index (χ0n) is 10.3. The van der Waals surface area contributed by atoms with Crippen molar-refractivity contribution in [3.8, 4) is 11.5 Å². The molecule has 1 aromatic carbocycles. The first-order valence-corrected chi connectivity index (χ1v) is 6.05. The normalized spacial score (nSPS) is 11.0. The molecule has 0 aliphatic rings. The van der Waals surface area contributed by atoms with Gasteiger partial charge in [-0.1, -0.05) is 28.6 Å². The Labute approximate surface area is 113 Å². The summed E-state index contributed by atoms with van der Waals surface area (Å²) in [7, 11) is 0. The average Bonchev–Trinajstić information content (AvgIpc) is 3.19. The summed E-state index contributed by atoms with van der Waals surface area (Å²) in [5, 5.41) is 16.7. The van der Waals surface area contributed by atoms with Gasteiger partial charge in [-0.15, -0.1) is 10.2 Å². The van der Waals surface area contributed by atoms with Gasteiger partial charge in [-0.3, -0.25) is 0 Å². The largest absolute Gasteiger partial charge is 0.228 e. The van der Waals surface area contributed by atoms with Crippen LogP contribution in [-0.4, -0.2) is 35.0 Å². The Bertz CT molecular complexity index is 850. The zero-order chi connectivity index (χ0) is 13.4. The smallest absolute Gasteiger partial charge is 0.157 e. The van der Waals surface area contributed by atoms with E-state index < -0.39 is 0 Å². The number of benzene rings is 1. The van der Waals surface area contributed by atoms with Crippen molar-refractivity contribution in [1.82, 2.24) is 35.0 Å². The summed E-state index contributed by atoms with van der Waals surface area (Å²) < 4.78 is 3.33. The average molecular weight is 263 g/mol. The Morgan fingerprint density at radius 2 is 1.60 bits per heavy atom. The minimum atomic E-state index is 0.687. The fourth-order valence-corrected chi connectivity index (χ4v) is 2.12. The number of aromatic nitrogens is 7. The molecule has 3 heterocycles. The molecule has 4 rings (SSSR count). The van der Waals surface area contributed by atoms with E-state index in [0.29, 0.717) is 5.82 Å². The summed E-state index contributed by atoms with van der Waals surface area (Å²) in [4.78, 5) is 4.59. The van der Waals surface area contributed by atoms with E-state index in [1.807, 2.05) is 30.3 Å². The van der Waals surface area contributed by atoms with Gasteiger partial charge in [-0.2, -0.15) is 0 Å². The van der Waals surface area contributed by atoms with Crippen molar-refractivity contribution in [3.63, 3.8) is 0 Å². The van der Waals surface area contributed by atoms with Gasteiger partial charge in [0.2, 0.25) is 0 Å². The van der Waals surface area contributed by atoms with Crippen molar-refractivity contribution in [2.75, 3.05) is 0 Å². The molecule has 3 aromatic heterocycles. The molecule has 0 amide bonds. The Balaban J connectivity index is 2.05. The molecule has 0 radical (unpaired) electrons. The van der Waals surface area contributed by atoms with Crippen molar-refractivity contribution < 1.29 is 0 Å². The third-order valence-corrected chi connectivity index (χ3v) is 3.01. The maximum absolute atomic E-state index is 4.59. The summed E-state index contributed by atoms with van der Waals surface area (Å²) in [6.07, 6.45) is 6.81. The van der Waals surface area contributed by atoms with E-state index in [1.165, 1.54) is 0 Å². The van der Waals surface area contributed by atoms with E-state index in [1.54, 1.807) is 34.2 Å². The van der Waals surface area contributed by atoms with Crippen LogP contribution < -0.4 is 0 Å². The zero-order valence-corrected chi connectivity index (χ0v) is 10.3. The number of rotatable bonds is 2. The van der Waals surface area contributed by atoms with Crippen molar-refractivity contribution in [2.45, 2.75) is 0 Å². The van der Waals surface area contributed by atoms with Crippen LogP contribution in [0.15, 0.2) is 55.1 Å². The fraction of sp³-hybridized carbons (Fsp3) is 0. The fourth-order valence-electron chi connectivity index (χ4n) is 2.12. The SMILES string of the molecule is c1ccc2c(-n3ccnn3)cc(-n3ccnn3)nc2c1. The van der Waals surface area contributed by atoms with E-state index in [2.05, 4.69) is 25.6 Å². The minimum absolute atomic E-state index is 0.687. The van der Waals surface area contributed by atoms with Gasteiger partial charge in [-0.25, -0.2) is 14.3 Å². The summed E-state index contributed by atoms with van der Waals surface area (Å²) in [5.41, 5.74) is 1.77. The van der Waals surface area contributed by atoms with E-state index in [9.17, 15) is 0 Å². The number of nitrogens with zero attached hydrogens (tertiary/aromatic N) is 7. The monoisotopic (exact) mass is 263 g/mol. The molecule has 0 saturated heterocycles. The summed E-state index contributed by atoms with van der Waals surface area (Å²) in [5.74, 6) is 0.687. The molecule has 96 valence electrons. The van der Waals surface area contributed by atoms with Crippen LogP contribution in [0.3, 0.4) is 0 Å². The number of fused-ring (bicyclic) bond motifs is 1. The lowest BCUT2D eigenvalue weighted by Crippen LogP contribution is -2.03. The van der Waals surface area contributed by atoms with E-state index in [-0.39, 0.29) is 0 Å². The highest BCUT2D eigenvalue weighted by Crippen LogP contribution is 2.22. The van der Waals surface area contributed by atoms with Crippen molar-refractivity contribution in [3.05, 3.63) is 55.1 Å². The summed E-state index contributed by atoms with van der Waals surface area (Å²) in [6, 6.07) is 9.79. The van der Waals surface area contributed by atoms with Crippen LogP contribution >= 0.6 is 0 Å². The predicted molar refractivity (Wildman–Crippen MR) is 71.6 cm³/mol. The van der Waals surface area contributed by atoms with Crippen LogP contribution in [0, 0.1) is 0 Å². The second kappa shape index (κ2) is 4.23. The number of hydrogen-bond acceptors (Lipinski definition) is 5. The first-order chi connectivity index (χ1) is 9.92. The first-order valence-electron chi connectivity index (χ1n) is 6.05. The summed E-state index contributed by atoms with van der Waals surface area (Å²) >= 11 is 0. The van der Waals surface area contributed by atoms with E-state index in [4.69, 9.17) is 0 Å². The number of pyridine rings is 1. The number of hydrogen-bond donors (Lipinski definition) is 0. The molecule has 7 nitrogen and oxygen atoms in total. The van der Waals surface area contributed by atoms with Gasteiger partial charge in [-0.05, 0) is 6.07 Å². The van der Waals surface area contributed by atoms with Crippen LogP contribution in [0.2, 0.25) is 0 Å². The van der Waals surface area contributed by atoms with Crippen molar-refractivity contribution in [2.24, 2.45) is 0 Å². The molecule has 0 N–H and O–H groups in total. The highest BCUT2D eigenvalue weighted by Gasteiger charge is 2.09. The standard InChI is InChI=1S/C13H9N7/c1-2-4-11-10(3-1)12(19-7-5-14-17-19)9-13(16-11)20-8-6-15-18-20/h1-9H. The van der Waals surface area contributed by atoms with Gasteiger partial charge in [0.25, 0.3) is 0 Å². The van der Waals surface area contributed by atoms with Gasteiger partial charge in [0, 0.05) is 11.5 Å². The van der Waals surface area contributed by atoms with E-state index >= 15 is 0 Å². The first kappa shape index (κ1) is 10.8. The lowest BCUT2D eigenvalue weighted by Gasteiger charge is -2.08. The third-order valence-electron chi connectivity index (χ3n) is 3.01. The van der Waals surface area contributed by atoms with Crippen LogP contribution in [0.1, 0.15) is 0 Å². The van der Waals surface area contributed by atoms with Crippen molar-refractivity contribution >= 4 is 10.9 Å². The molecule has 0 aliphatic heterocycles. The molecule has 0 atom stereocenters. The van der Waals surface area contributed by atoms with Gasteiger partial charge in [0.05, 0.1) is 36.0 Å². The summed E-state index contributed by atoms with van der Waals surface area (Å²) in [6.45, 7) is 0. The molecule has 0 bridgehead atoms. The molecule has 7 heteroatoms. The molecule has 0 aliphatic carbocycles. The predicted octanol–water partition coefficient (Wildman–Crippen LogP) is 1.40. The van der Waals surface area contributed by atoms with E-state index in [0.717, 1.165) is 16.6 Å². The third kappa shape index (κ3) is 1.64. The Kier molecular flexibility index (Phi) is 2.28. The van der Waals surface area contributed by atoms with Crippen molar-refractivity contribution in [1.29, 1.82) is 0 Å². The Morgan fingerprint density at radius 1 is 0.850 bits per heavy atom. The second-order valence-corrected chi connectivity index (χ2v) is 4.21. The molecular weight excluding hydrogens is 254 g/mol. The highest BCUT2D eigenvalue weighted by molar-refractivity contribution is 5.87. The Morgan fingerprint density at radius 3 is 2.35 bits per heavy atom. The molecular formula is C13H9N7. The molecule has 0 unspecified atom stereocenters. The molecule has 0 saturated carbocycles. The Hall–Kier alpha value is -3.09. The maximum Gasteiger partial charge on any atom is 0.157 e. The molecule has 20 heavy (non-hydrogen) atoms. The molecule has 4 aromatic rings. The van der Waals surface area contributed by atoms with Gasteiger partial charge < -0.3 is 0 Å². The second-order valence-electron chi connectivity index (χ2n) is 4.21. The van der Waals surface area contributed by atoms with Crippen LogP contribution in [-0.2, 0) is 0 Å². The maximum atomic E-state index is 4.59.